The molecule has 0 saturated carbocycles. The third kappa shape index (κ3) is 4.69. The van der Waals surface area contributed by atoms with E-state index in [0.717, 1.165) is 18.5 Å². The fourth-order valence-corrected chi connectivity index (χ4v) is 2.82. The Labute approximate surface area is 147 Å². The molecule has 24 heavy (non-hydrogen) atoms. The van der Waals surface area contributed by atoms with Crippen molar-refractivity contribution in [3.8, 4) is 0 Å². The van der Waals surface area contributed by atoms with E-state index in [2.05, 4.69) is 10.2 Å². The highest BCUT2D eigenvalue weighted by Gasteiger charge is 2.39. The molecule has 0 bridgehead atoms. The summed E-state index contributed by atoms with van der Waals surface area (Å²) in [5.41, 5.74) is 0.823. The summed E-state index contributed by atoms with van der Waals surface area (Å²) in [6.07, 6.45) is 0.125. The van der Waals surface area contributed by atoms with Crippen molar-refractivity contribution in [2.75, 3.05) is 40.8 Å². The monoisotopic (exact) mass is 353 g/mol. The fourth-order valence-electron chi connectivity index (χ4n) is 2.70. The highest BCUT2D eigenvalue weighted by Crippen LogP contribution is 2.30. The van der Waals surface area contributed by atoms with Crippen LogP contribution in [0.25, 0.3) is 0 Å². The van der Waals surface area contributed by atoms with Crippen LogP contribution in [-0.4, -0.2) is 68.6 Å². The molecule has 1 heterocycles. The topological polar surface area (TPSA) is 61.9 Å². The number of nitrogens with zero attached hydrogens (tertiary/aromatic N) is 2. The summed E-state index contributed by atoms with van der Waals surface area (Å²) in [7, 11) is 5.67. The van der Waals surface area contributed by atoms with E-state index in [1.54, 1.807) is 24.1 Å². The largest absolute Gasteiger partial charge is 0.356 e. The smallest absolute Gasteiger partial charge is 0.251 e. The number of hydrogen-bond acceptors (Lipinski definition) is 4. The molecule has 1 saturated heterocycles. The van der Waals surface area contributed by atoms with Crippen molar-refractivity contribution in [3.05, 3.63) is 34.9 Å². The Morgan fingerprint density at radius 2 is 2.04 bits per heavy atom. The van der Waals surface area contributed by atoms with Crippen LogP contribution in [0.1, 0.15) is 18.0 Å². The van der Waals surface area contributed by atoms with E-state index in [0.29, 0.717) is 11.6 Å². The minimum atomic E-state index is -0.728. The summed E-state index contributed by atoms with van der Waals surface area (Å²) in [4.78, 5) is 28.1. The van der Waals surface area contributed by atoms with Crippen molar-refractivity contribution in [1.82, 2.24) is 15.1 Å². The van der Waals surface area contributed by atoms with Gasteiger partial charge in [-0.3, -0.25) is 9.59 Å². The normalized spacial score (nSPS) is 21.2. The molecular formula is C17H24ClN3O3. The van der Waals surface area contributed by atoms with Gasteiger partial charge < -0.3 is 19.9 Å². The number of likely N-dealkylation sites (N-methyl/N-ethyl adjacent to an activating group) is 1. The van der Waals surface area contributed by atoms with Gasteiger partial charge in [-0.15, -0.1) is 0 Å². The van der Waals surface area contributed by atoms with Crippen molar-refractivity contribution in [1.29, 1.82) is 0 Å². The average Bonchev–Trinajstić information content (AvgIpc) is 2.54. The van der Waals surface area contributed by atoms with E-state index in [4.69, 9.17) is 16.3 Å². The van der Waals surface area contributed by atoms with Crippen LogP contribution in [0.3, 0.4) is 0 Å². The lowest BCUT2D eigenvalue weighted by Gasteiger charge is -2.38. The van der Waals surface area contributed by atoms with Crippen molar-refractivity contribution in [2.45, 2.75) is 18.6 Å². The minimum Gasteiger partial charge on any atom is -0.356 e. The van der Waals surface area contributed by atoms with Gasteiger partial charge in [0, 0.05) is 18.6 Å². The molecule has 1 N–H and O–H groups in total. The Kier molecular flexibility index (Phi) is 6.60. The predicted octanol–water partition coefficient (Wildman–Crippen LogP) is 1.31. The van der Waals surface area contributed by atoms with E-state index in [1.165, 1.54) is 0 Å². The molecule has 0 aliphatic carbocycles. The standard InChI is InChI=1S/C17H24ClN3O3/c1-20(2)10-4-9-19-17(23)16-15(21(3)14(22)11-24-16)12-5-7-13(18)8-6-12/h5-8,15-16H,4,9-11H2,1-3H3,(H,19,23)/t15-,16-/m0/s1. The van der Waals surface area contributed by atoms with Gasteiger partial charge in [-0.2, -0.15) is 0 Å². The highest BCUT2D eigenvalue weighted by atomic mass is 35.5. The zero-order chi connectivity index (χ0) is 17.7. The first-order valence-corrected chi connectivity index (χ1v) is 8.33. The number of hydrogen-bond donors (Lipinski definition) is 1. The predicted molar refractivity (Wildman–Crippen MR) is 92.9 cm³/mol. The first-order chi connectivity index (χ1) is 11.4. The van der Waals surface area contributed by atoms with Crippen LogP contribution < -0.4 is 5.32 Å². The molecule has 6 nitrogen and oxygen atoms in total. The molecule has 0 unspecified atom stereocenters. The number of carbonyl (C=O) groups is 2. The number of halogens is 1. The summed E-state index contributed by atoms with van der Waals surface area (Å²) < 4.78 is 5.55. The van der Waals surface area contributed by atoms with Gasteiger partial charge in [0.25, 0.3) is 5.91 Å². The van der Waals surface area contributed by atoms with Crippen LogP contribution in [0.4, 0.5) is 0 Å². The Balaban J connectivity index is 2.08. The second-order valence-electron chi connectivity index (χ2n) is 6.18. The van der Waals surface area contributed by atoms with E-state index in [9.17, 15) is 9.59 Å². The number of nitrogens with one attached hydrogen (secondary N) is 1. The van der Waals surface area contributed by atoms with Crippen molar-refractivity contribution < 1.29 is 14.3 Å². The van der Waals surface area contributed by atoms with Gasteiger partial charge in [0.15, 0.2) is 6.10 Å². The Morgan fingerprint density at radius 1 is 1.38 bits per heavy atom. The van der Waals surface area contributed by atoms with Crippen LogP contribution in [0.5, 0.6) is 0 Å². The second-order valence-corrected chi connectivity index (χ2v) is 6.62. The molecule has 2 atom stereocenters. The van der Waals surface area contributed by atoms with Gasteiger partial charge in [-0.1, -0.05) is 23.7 Å². The van der Waals surface area contributed by atoms with E-state index < -0.39 is 12.1 Å². The molecule has 0 radical (unpaired) electrons. The number of rotatable bonds is 6. The average molecular weight is 354 g/mol. The third-order valence-electron chi connectivity index (χ3n) is 4.04. The number of morpholine rings is 1. The molecule has 2 rings (SSSR count). The van der Waals surface area contributed by atoms with Crippen LogP contribution in [0, 0.1) is 0 Å². The van der Waals surface area contributed by atoms with Crippen LogP contribution in [0.2, 0.25) is 5.02 Å². The van der Waals surface area contributed by atoms with Crippen LogP contribution >= 0.6 is 11.6 Å². The molecule has 132 valence electrons. The van der Waals surface area contributed by atoms with Gasteiger partial charge >= 0.3 is 0 Å². The summed E-state index contributed by atoms with van der Waals surface area (Å²) in [5, 5.41) is 3.51. The van der Waals surface area contributed by atoms with Crippen LogP contribution in [-0.2, 0) is 14.3 Å². The first-order valence-electron chi connectivity index (χ1n) is 7.95. The molecule has 1 aliphatic rings. The Hall–Kier alpha value is -1.63. The number of carbonyl (C=O) groups excluding carboxylic acids is 2. The maximum absolute atomic E-state index is 12.5. The molecule has 1 fully saturated rings. The zero-order valence-corrected chi connectivity index (χ0v) is 15.0. The summed E-state index contributed by atoms with van der Waals surface area (Å²) in [6, 6.07) is 6.67. The van der Waals surface area contributed by atoms with E-state index in [-0.39, 0.29) is 18.4 Å². The Morgan fingerprint density at radius 3 is 2.67 bits per heavy atom. The first kappa shape index (κ1) is 18.7. The Bertz CT molecular complexity index is 577. The molecule has 0 spiro atoms. The van der Waals surface area contributed by atoms with Crippen molar-refractivity contribution >= 4 is 23.4 Å². The second kappa shape index (κ2) is 8.46. The molecule has 2 amide bonds. The van der Waals surface area contributed by atoms with Gasteiger partial charge in [0.2, 0.25) is 5.91 Å². The van der Waals surface area contributed by atoms with Crippen LogP contribution in [0.15, 0.2) is 24.3 Å². The maximum Gasteiger partial charge on any atom is 0.251 e. The summed E-state index contributed by atoms with van der Waals surface area (Å²) in [5.74, 6) is -0.348. The lowest BCUT2D eigenvalue weighted by molar-refractivity contribution is -0.162. The van der Waals surface area contributed by atoms with Gasteiger partial charge in [-0.05, 0) is 44.8 Å². The van der Waals surface area contributed by atoms with Crippen molar-refractivity contribution in [2.24, 2.45) is 0 Å². The minimum absolute atomic E-state index is 0.0869. The number of benzene rings is 1. The molecule has 7 heteroatoms. The SMILES string of the molecule is CN(C)CCCNC(=O)[C@H]1OCC(=O)N(C)[C@H]1c1ccc(Cl)cc1. The summed E-state index contributed by atoms with van der Waals surface area (Å²) in [6.45, 7) is 1.38. The quantitative estimate of drug-likeness (QED) is 0.783. The molecule has 0 aromatic heterocycles. The van der Waals surface area contributed by atoms with Gasteiger partial charge in [0.05, 0.1) is 6.04 Å². The molecule has 1 aromatic carbocycles. The van der Waals surface area contributed by atoms with E-state index in [1.807, 2.05) is 26.2 Å². The van der Waals surface area contributed by atoms with Gasteiger partial charge in [0.1, 0.15) is 6.61 Å². The highest BCUT2D eigenvalue weighted by molar-refractivity contribution is 6.30. The molecule has 1 aliphatic heterocycles. The molecular weight excluding hydrogens is 330 g/mol. The van der Waals surface area contributed by atoms with Crippen molar-refractivity contribution in [3.63, 3.8) is 0 Å². The third-order valence-corrected chi connectivity index (χ3v) is 4.29. The number of ether oxygens (including phenoxy) is 1. The fraction of sp³-hybridized carbons (Fsp3) is 0.529. The molecule has 1 aromatic rings. The lowest BCUT2D eigenvalue weighted by Crippen LogP contribution is -2.53. The van der Waals surface area contributed by atoms with Gasteiger partial charge in [-0.25, -0.2) is 0 Å². The lowest BCUT2D eigenvalue weighted by atomic mass is 9.97. The van der Waals surface area contributed by atoms with E-state index >= 15 is 0 Å². The summed E-state index contributed by atoms with van der Waals surface area (Å²) >= 11 is 5.93. The number of amides is 2. The maximum atomic E-state index is 12.5. The zero-order valence-electron chi connectivity index (χ0n) is 14.3.